The molecule has 0 fully saturated rings. The normalized spacial score (nSPS) is 10.6. The number of benzene rings is 3. The molecule has 0 saturated carbocycles. The summed E-state index contributed by atoms with van der Waals surface area (Å²) in [6, 6.07) is 24.3. The van der Waals surface area contributed by atoms with Gasteiger partial charge in [0.05, 0.1) is 5.69 Å². The third kappa shape index (κ3) is 8.87. The molecule has 4 aromatic rings. The molecule has 1 amide bonds. The van der Waals surface area contributed by atoms with Gasteiger partial charge >= 0.3 is 18.0 Å². The number of carbonyl (C=O) groups is 3. The Morgan fingerprint density at radius 2 is 1.51 bits per heavy atom. The van der Waals surface area contributed by atoms with Crippen molar-refractivity contribution in [3.63, 3.8) is 0 Å². The van der Waals surface area contributed by atoms with Crippen LogP contribution >= 0.6 is 0 Å². The number of ether oxygens (including phenoxy) is 3. The maximum atomic E-state index is 12.4. The molecule has 0 aliphatic heterocycles. The minimum atomic E-state index is -0.714. The smallest absolute Gasteiger partial charge is 0.413 e. The molecule has 1 aromatic heterocycles. The number of amidine groups is 1. The molecule has 10 heteroatoms. The number of nitrogens with zero attached hydrogens (tertiary/aromatic N) is 2. The van der Waals surface area contributed by atoms with E-state index in [0.717, 1.165) is 16.7 Å². The minimum Gasteiger partial charge on any atom is -0.444 e. The number of carbonyl (C=O) groups excluding carboxylic acids is 3. The molecular formula is C33H34N4O6. The van der Waals surface area contributed by atoms with Gasteiger partial charge in [-0.15, -0.1) is 0 Å². The molecule has 0 unspecified atom stereocenters. The standard InChI is InChI=1S/C33H34N4O6/c1-3-9-29(38)42-22-43-30(39)19-16-23-14-17-25(18-15-23)32-35-28(20-37(32)2)26-12-7-8-13-27(26)31(34)36-33(40)41-21-24-10-5-4-6-11-24/h4-8,10-15,17-18,20H,3,9,16,19,21-22H2,1-2H3,(H2,34,36,40). The summed E-state index contributed by atoms with van der Waals surface area (Å²) in [5, 5.41) is 11.0. The number of aryl methyl sites for hydroxylation is 2. The molecule has 0 aliphatic carbocycles. The third-order valence-electron chi connectivity index (χ3n) is 6.51. The molecule has 222 valence electrons. The topological polar surface area (TPSA) is 133 Å². The highest BCUT2D eigenvalue weighted by atomic mass is 16.7. The first kappa shape index (κ1) is 30.7. The molecule has 3 aromatic carbocycles. The molecule has 4 rings (SSSR count). The lowest BCUT2D eigenvalue weighted by molar-refractivity contribution is -0.167. The Kier molecular flexibility index (Phi) is 10.8. The van der Waals surface area contributed by atoms with Crippen molar-refractivity contribution in [2.75, 3.05) is 6.79 Å². The lowest BCUT2D eigenvalue weighted by atomic mass is 10.0. The van der Waals surface area contributed by atoms with Crippen LogP contribution in [0.2, 0.25) is 0 Å². The van der Waals surface area contributed by atoms with Gasteiger partial charge < -0.3 is 18.8 Å². The van der Waals surface area contributed by atoms with Crippen molar-refractivity contribution in [1.82, 2.24) is 14.9 Å². The van der Waals surface area contributed by atoms with E-state index in [0.29, 0.717) is 41.9 Å². The van der Waals surface area contributed by atoms with Crippen molar-refractivity contribution in [2.45, 2.75) is 39.2 Å². The van der Waals surface area contributed by atoms with Crippen molar-refractivity contribution in [3.8, 4) is 22.6 Å². The van der Waals surface area contributed by atoms with E-state index < -0.39 is 12.1 Å². The summed E-state index contributed by atoms with van der Waals surface area (Å²) in [6.45, 7) is 1.60. The van der Waals surface area contributed by atoms with Crippen molar-refractivity contribution in [1.29, 1.82) is 5.41 Å². The molecule has 0 saturated heterocycles. The molecule has 0 spiro atoms. The fraction of sp³-hybridized carbons (Fsp3) is 0.242. The van der Waals surface area contributed by atoms with E-state index in [9.17, 15) is 14.4 Å². The van der Waals surface area contributed by atoms with E-state index in [1.165, 1.54) is 0 Å². The predicted octanol–water partition coefficient (Wildman–Crippen LogP) is 5.78. The summed E-state index contributed by atoms with van der Waals surface area (Å²) in [7, 11) is 1.89. The number of rotatable bonds is 12. The van der Waals surface area contributed by atoms with Crippen LogP contribution in [0.4, 0.5) is 4.79 Å². The van der Waals surface area contributed by atoms with Gasteiger partial charge in [0.15, 0.2) is 0 Å². The SMILES string of the molecule is CCCC(=O)OCOC(=O)CCc1ccc(-c2nc(-c3ccccc3C(=N)NC(=O)OCc3ccccc3)cn2C)cc1. The number of esters is 2. The fourth-order valence-corrected chi connectivity index (χ4v) is 4.29. The second-order valence-corrected chi connectivity index (χ2v) is 9.77. The zero-order valence-electron chi connectivity index (χ0n) is 24.2. The second kappa shape index (κ2) is 15.1. The van der Waals surface area contributed by atoms with Gasteiger partial charge in [0.1, 0.15) is 18.3 Å². The van der Waals surface area contributed by atoms with Crippen LogP contribution in [0.15, 0.2) is 85.1 Å². The van der Waals surface area contributed by atoms with Gasteiger partial charge in [0.2, 0.25) is 6.79 Å². The van der Waals surface area contributed by atoms with Crippen LogP contribution in [-0.2, 0) is 43.9 Å². The number of alkyl carbamates (subject to hydrolysis) is 1. The van der Waals surface area contributed by atoms with Gasteiger partial charge in [0.25, 0.3) is 0 Å². The summed E-state index contributed by atoms with van der Waals surface area (Å²) in [5.41, 5.74) is 4.51. The molecule has 10 nitrogen and oxygen atoms in total. The monoisotopic (exact) mass is 582 g/mol. The van der Waals surface area contributed by atoms with Gasteiger partial charge in [-0.2, -0.15) is 0 Å². The van der Waals surface area contributed by atoms with Crippen molar-refractivity contribution < 1.29 is 28.6 Å². The van der Waals surface area contributed by atoms with E-state index in [4.69, 9.17) is 24.6 Å². The van der Waals surface area contributed by atoms with Crippen LogP contribution in [0.1, 0.15) is 42.9 Å². The average Bonchev–Trinajstić information content (AvgIpc) is 3.41. The van der Waals surface area contributed by atoms with Crippen molar-refractivity contribution in [3.05, 3.63) is 102 Å². The number of amides is 1. The molecule has 2 N–H and O–H groups in total. The zero-order valence-corrected chi connectivity index (χ0v) is 24.2. The second-order valence-electron chi connectivity index (χ2n) is 9.77. The minimum absolute atomic E-state index is 0.0946. The lowest BCUT2D eigenvalue weighted by Gasteiger charge is -2.11. The Morgan fingerprint density at radius 3 is 2.23 bits per heavy atom. The molecule has 1 heterocycles. The maximum absolute atomic E-state index is 12.4. The first-order chi connectivity index (χ1) is 20.8. The zero-order chi connectivity index (χ0) is 30.6. The van der Waals surface area contributed by atoms with E-state index in [2.05, 4.69) is 5.32 Å². The lowest BCUT2D eigenvalue weighted by Crippen LogP contribution is -2.31. The Morgan fingerprint density at radius 1 is 0.837 bits per heavy atom. The Hall–Kier alpha value is -5.25. The van der Waals surface area contributed by atoms with Crippen LogP contribution in [-0.4, -0.2) is 40.2 Å². The van der Waals surface area contributed by atoms with Crippen LogP contribution in [0, 0.1) is 5.41 Å². The Labute approximate surface area is 250 Å². The van der Waals surface area contributed by atoms with Gasteiger partial charge in [-0.25, -0.2) is 9.78 Å². The summed E-state index contributed by atoms with van der Waals surface area (Å²) in [4.78, 5) is 40.5. The number of aromatic nitrogens is 2. The quantitative estimate of drug-likeness (QED) is 0.0936. The van der Waals surface area contributed by atoms with Crippen LogP contribution < -0.4 is 5.32 Å². The molecule has 0 bridgehead atoms. The summed E-state index contributed by atoms with van der Waals surface area (Å²) in [6.07, 6.45) is 2.76. The highest BCUT2D eigenvalue weighted by Gasteiger charge is 2.17. The summed E-state index contributed by atoms with van der Waals surface area (Å²) >= 11 is 0. The van der Waals surface area contributed by atoms with Crippen LogP contribution in [0.3, 0.4) is 0 Å². The fourth-order valence-electron chi connectivity index (χ4n) is 4.29. The molecule has 43 heavy (non-hydrogen) atoms. The van der Waals surface area contributed by atoms with E-state index in [1.54, 1.807) is 12.1 Å². The average molecular weight is 583 g/mol. The highest BCUT2D eigenvalue weighted by Crippen LogP contribution is 2.27. The number of imidazole rings is 1. The molecule has 0 aliphatic rings. The Balaban J connectivity index is 1.36. The number of nitrogens with one attached hydrogen (secondary N) is 2. The molecular weight excluding hydrogens is 548 g/mol. The summed E-state index contributed by atoms with van der Waals surface area (Å²) < 4.78 is 17.0. The summed E-state index contributed by atoms with van der Waals surface area (Å²) in [5.74, 6) is -0.208. The first-order valence-electron chi connectivity index (χ1n) is 13.9. The van der Waals surface area contributed by atoms with E-state index in [-0.39, 0.29) is 31.6 Å². The van der Waals surface area contributed by atoms with Crippen LogP contribution in [0.5, 0.6) is 0 Å². The van der Waals surface area contributed by atoms with Crippen molar-refractivity contribution >= 4 is 23.9 Å². The van der Waals surface area contributed by atoms with Crippen molar-refractivity contribution in [2.24, 2.45) is 7.05 Å². The third-order valence-corrected chi connectivity index (χ3v) is 6.51. The van der Waals surface area contributed by atoms with Gasteiger partial charge in [-0.3, -0.25) is 20.3 Å². The van der Waals surface area contributed by atoms with Gasteiger partial charge in [-0.1, -0.05) is 85.8 Å². The molecule has 0 atom stereocenters. The first-order valence-corrected chi connectivity index (χ1v) is 13.9. The maximum Gasteiger partial charge on any atom is 0.413 e. The van der Waals surface area contributed by atoms with E-state index >= 15 is 0 Å². The van der Waals surface area contributed by atoms with Gasteiger partial charge in [-0.05, 0) is 24.0 Å². The van der Waals surface area contributed by atoms with Crippen LogP contribution in [0.25, 0.3) is 22.6 Å². The number of hydrogen-bond donors (Lipinski definition) is 2. The predicted molar refractivity (Wildman–Crippen MR) is 161 cm³/mol. The number of hydrogen-bond acceptors (Lipinski definition) is 8. The Bertz CT molecular complexity index is 1560. The van der Waals surface area contributed by atoms with Gasteiger partial charge in [0, 0.05) is 42.8 Å². The largest absolute Gasteiger partial charge is 0.444 e. The highest BCUT2D eigenvalue weighted by molar-refractivity contribution is 6.08. The van der Waals surface area contributed by atoms with E-state index in [1.807, 2.05) is 91.5 Å². The molecule has 0 radical (unpaired) electrons.